The molecule has 2 rings (SSSR count). The van der Waals surface area contributed by atoms with Crippen molar-refractivity contribution in [1.82, 2.24) is 9.80 Å². The van der Waals surface area contributed by atoms with Crippen LogP contribution >= 0.6 is 0 Å². The van der Waals surface area contributed by atoms with E-state index in [1.54, 1.807) is 0 Å². The second kappa shape index (κ2) is 11.9. The predicted molar refractivity (Wildman–Crippen MR) is 96.6 cm³/mol. The summed E-state index contributed by atoms with van der Waals surface area (Å²) >= 11 is 0. The van der Waals surface area contributed by atoms with Crippen molar-refractivity contribution >= 4 is 12.4 Å². The third-order valence-corrected chi connectivity index (χ3v) is 3.95. The van der Waals surface area contributed by atoms with Gasteiger partial charge in [0.15, 0.2) is 0 Å². The Labute approximate surface area is 157 Å². The van der Waals surface area contributed by atoms with Crippen molar-refractivity contribution in [3.05, 3.63) is 29.3 Å². The van der Waals surface area contributed by atoms with Crippen LogP contribution in [0.4, 0.5) is 8.78 Å². The first-order valence-corrected chi connectivity index (χ1v) is 8.56. The Balaban J connectivity index is 0.00000114. The van der Waals surface area contributed by atoms with Gasteiger partial charge in [-0.05, 0) is 6.42 Å². The third kappa shape index (κ3) is 6.87. The molecule has 27 heavy (non-hydrogen) atoms. The Hall–Kier alpha value is -2.66. The molecule has 6 nitrogen and oxygen atoms in total. The van der Waals surface area contributed by atoms with E-state index in [1.807, 2.05) is 6.92 Å². The molecule has 1 heterocycles. The molecule has 0 bridgehead atoms. The van der Waals surface area contributed by atoms with Gasteiger partial charge in [-0.3, -0.25) is 14.5 Å². The highest BCUT2D eigenvalue weighted by atomic mass is 19.1. The first-order valence-electron chi connectivity index (χ1n) is 8.56. The highest BCUT2D eigenvalue weighted by molar-refractivity contribution is 5.95. The minimum absolute atomic E-state index is 0.0538. The second-order valence-corrected chi connectivity index (χ2v) is 5.70. The molecule has 1 amide bonds. The summed E-state index contributed by atoms with van der Waals surface area (Å²) in [6, 6.07) is 2.06. The van der Waals surface area contributed by atoms with Gasteiger partial charge in [0, 0.05) is 44.7 Å². The maximum absolute atomic E-state index is 14.1. The van der Waals surface area contributed by atoms with Gasteiger partial charge in [-0.25, -0.2) is 8.78 Å². The predicted octanol–water partition coefficient (Wildman–Crippen LogP) is 2.24. The standard InChI is InChI=1S/C18H22F2N2O2.CH2O2/c1-3-4-5-7-21-8-6-9-22(11-10-21)18(23)17-15(19)12-14(24-2)13-16(17)20;2-1-3/h12-13H,3,6-11H2,1-2H3;1H,(H,2,3). The summed E-state index contributed by atoms with van der Waals surface area (Å²) in [6.07, 6.45) is 1.56. The van der Waals surface area contributed by atoms with Crippen molar-refractivity contribution in [3.63, 3.8) is 0 Å². The number of benzene rings is 1. The SMILES string of the molecule is CCC#CCN1CCCN(C(=O)c2c(F)cc(OC)cc2F)CC1.O=CO. The topological polar surface area (TPSA) is 70.1 Å². The van der Waals surface area contributed by atoms with Crippen molar-refractivity contribution in [2.24, 2.45) is 0 Å². The van der Waals surface area contributed by atoms with E-state index in [0.29, 0.717) is 26.2 Å². The van der Waals surface area contributed by atoms with Crippen LogP contribution < -0.4 is 4.74 Å². The molecule has 0 atom stereocenters. The van der Waals surface area contributed by atoms with Crippen LogP contribution in [-0.2, 0) is 4.79 Å². The van der Waals surface area contributed by atoms with Gasteiger partial charge in [0.2, 0.25) is 0 Å². The van der Waals surface area contributed by atoms with Gasteiger partial charge < -0.3 is 14.7 Å². The van der Waals surface area contributed by atoms with E-state index in [-0.39, 0.29) is 12.2 Å². The zero-order valence-electron chi connectivity index (χ0n) is 15.5. The number of hydrogen-bond donors (Lipinski definition) is 1. The molecule has 1 aliphatic rings. The number of hydrogen-bond acceptors (Lipinski definition) is 4. The number of amides is 1. The lowest BCUT2D eigenvalue weighted by Gasteiger charge is -2.21. The van der Waals surface area contributed by atoms with Gasteiger partial charge in [-0.15, -0.1) is 5.92 Å². The molecule has 0 unspecified atom stereocenters. The first-order chi connectivity index (χ1) is 13.0. The quantitative estimate of drug-likeness (QED) is 0.641. The summed E-state index contributed by atoms with van der Waals surface area (Å²) in [5.41, 5.74) is -0.518. The molecule has 0 radical (unpaired) electrons. The smallest absolute Gasteiger partial charge is 0.290 e. The molecule has 1 N–H and O–H groups in total. The van der Waals surface area contributed by atoms with Crippen LogP contribution in [0.2, 0.25) is 0 Å². The molecule has 0 aromatic heterocycles. The molecule has 8 heteroatoms. The van der Waals surface area contributed by atoms with Crippen molar-refractivity contribution in [3.8, 4) is 17.6 Å². The number of nitrogens with zero attached hydrogens (tertiary/aromatic N) is 2. The number of methoxy groups -OCH3 is 1. The highest BCUT2D eigenvalue weighted by Crippen LogP contribution is 2.22. The summed E-state index contributed by atoms with van der Waals surface area (Å²) in [7, 11) is 1.32. The molecule has 1 aromatic carbocycles. The average molecular weight is 382 g/mol. The van der Waals surface area contributed by atoms with Crippen LogP contribution in [0.5, 0.6) is 5.75 Å². The van der Waals surface area contributed by atoms with Crippen molar-refractivity contribution < 1.29 is 28.2 Å². The summed E-state index contributed by atoms with van der Waals surface area (Å²) in [5, 5.41) is 6.89. The minimum Gasteiger partial charge on any atom is -0.497 e. The summed E-state index contributed by atoms with van der Waals surface area (Å²) in [6.45, 7) is 4.76. The van der Waals surface area contributed by atoms with Crippen LogP contribution in [0.1, 0.15) is 30.1 Å². The zero-order chi connectivity index (χ0) is 20.2. The average Bonchev–Trinajstić information content (AvgIpc) is 2.87. The Bertz CT molecular complexity index is 678. The Morgan fingerprint density at radius 2 is 1.85 bits per heavy atom. The fourth-order valence-corrected chi connectivity index (χ4v) is 2.65. The summed E-state index contributed by atoms with van der Waals surface area (Å²) in [4.78, 5) is 24.5. The van der Waals surface area contributed by atoms with Crippen molar-refractivity contribution in [2.75, 3.05) is 39.8 Å². The van der Waals surface area contributed by atoms with Gasteiger partial charge in [-0.2, -0.15) is 0 Å². The van der Waals surface area contributed by atoms with E-state index in [0.717, 1.165) is 31.5 Å². The lowest BCUT2D eigenvalue weighted by molar-refractivity contribution is -0.122. The van der Waals surface area contributed by atoms with Crippen LogP contribution in [0, 0.1) is 23.5 Å². The number of carboxylic acid groups (broad SMARTS) is 1. The number of carbonyl (C=O) groups excluding carboxylic acids is 1. The number of carbonyl (C=O) groups is 2. The molecule has 1 fully saturated rings. The lowest BCUT2D eigenvalue weighted by Crippen LogP contribution is -2.36. The normalized spacial score (nSPS) is 14.1. The molecule has 1 aliphatic heterocycles. The second-order valence-electron chi connectivity index (χ2n) is 5.70. The number of halogens is 2. The molecule has 1 aromatic rings. The summed E-state index contributed by atoms with van der Waals surface area (Å²) < 4.78 is 33.0. The van der Waals surface area contributed by atoms with Gasteiger partial charge in [-0.1, -0.05) is 12.8 Å². The maximum atomic E-state index is 14.1. The fraction of sp³-hybridized carbons (Fsp3) is 0.474. The Morgan fingerprint density at radius 1 is 1.22 bits per heavy atom. The Kier molecular flexibility index (Phi) is 9.83. The van der Waals surface area contributed by atoms with E-state index in [2.05, 4.69) is 16.7 Å². The van der Waals surface area contributed by atoms with E-state index in [4.69, 9.17) is 14.6 Å². The molecule has 0 spiro atoms. The van der Waals surface area contributed by atoms with Crippen LogP contribution in [0.15, 0.2) is 12.1 Å². The van der Waals surface area contributed by atoms with E-state index in [1.165, 1.54) is 12.0 Å². The number of ether oxygens (including phenoxy) is 1. The molecule has 0 saturated carbocycles. The van der Waals surface area contributed by atoms with Gasteiger partial charge in [0.25, 0.3) is 12.4 Å². The van der Waals surface area contributed by atoms with Gasteiger partial charge in [0.05, 0.1) is 13.7 Å². The van der Waals surface area contributed by atoms with Crippen molar-refractivity contribution in [2.45, 2.75) is 19.8 Å². The number of rotatable bonds is 3. The zero-order valence-corrected chi connectivity index (χ0v) is 15.5. The molecule has 0 aliphatic carbocycles. The van der Waals surface area contributed by atoms with Crippen molar-refractivity contribution in [1.29, 1.82) is 0 Å². The maximum Gasteiger partial charge on any atom is 0.290 e. The lowest BCUT2D eigenvalue weighted by atomic mass is 10.1. The van der Waals surface area contributed by atoms with Crippen LogP contribution in [-0.4, -0.2) is 67.1 Å². The summed E-state index contributed by atoms with van der Waals surface area (Å²) in [5.74, 6) is 3.74. The molecule has 148 valence electrons. The molecular weight excluding hydrogens is 358 g/mol. The molecule has 1 saturated heterocycles. The largest absolute Gasteiger partial charge is 0.497 e. The first kappa shape index (κ1) is 22.4. The monoisotopic (exact) mass is 382 g/mol. The van der Waals surface area contributed by atoms with E-state index >= 15 is 0 Å². The minimum atomic E-state index is -0.897. The van der Waals surface area contributed by atoms with Gasteiger partial charge >= 0.3 is 0 Å². The highest BCUT2D eigenvalue weighted by Gasteiger charge is 2.26. The van der Waals surface area contributed by atoms with Crippen LogP contribution in [0.25, 0.3) is 0 Å². The third-order valence-electron chi connectivity index (χ3n) is 3.95. The Morgan fingerprint density at radius 3 is 2.41 bits per heavy atom. The van der Waals surface area contributed by atoms with Gasteiger partial charge in [0.1, 0.15) is 22.9 Å². The van der Waals surface area contributed by atoms with E-state index in [9.17, 15) is 13.6 Å². The van der Waals surface area contributed by atoms with Crippen LogP contribution in [0.3, 0.4) is 0 Å². The fourth-order valence-electron chi connectivity index (χ4n) is 2.65. The van der Waals surface area contributed by atoms with E-state index < -0.39 is 23.1 Å². The molecular formula is C19H24F2N2O4.